The van der Waals surface area contributed by atoms with Crippen molar-refractivity contribution in [3.05, 3.63) is 42.0 Å². The first-order valence-corrected chi connectivity index (χ1v) is 7.06. The summed E-state index contributed by atoms with van der Waals surface area (Å²) < 4.78 is 4.73. The molecule has 0 saturated carbocycles. The third-order valence-corrected chi connectivity index (χ3v) is 3.91. The third kappa shape index (κ3) is 3.04. The molecule has 2 heterocycles. The predicted molar refractivity (Wildman–Crippen MR) is 74.7 cm³/mol. The highest BCUT2D eigenvalue weighted by molar-refractivity contribution is 5.96. The molecule has 0 bridgehead atoms. The van der Waals surface area contributed by atoms with E-state index in [0.717, 1.165) is 25.1 Å². The van der Waals surface area contributed by atoms with Gasteiger partial charge in [-0.05, 0) is 30.9 Å². The SMILES string of the molecule is O=C(c1ccccc1O)N1CCC(Cc2ncon2)CC1. The number of carbonyl (C=O) groups is 1. The average Bonchev–Trinajstić information content (AvgIpc) is 3.01. The molecule has 1 saturated heterocycles. The summed E-state index contributed by atoms with van der Waals surface area (Å²) in [6.07, 6.45) is 3.95. The van der Waals surface area contributed by atoms with Crippen molar-refractivity contribution in [2.24, 2.45) is 5.92 Å². The predicted octanol–water partition coefficient (Wildman–Crippen LogP) is 1.87. The molecule has 1 aromatic heterocycles. The highest BCUT2D eigenvalue weighted by atomic mass is 16.5. The zero-order valence-corrected chi connectivity index (χ0v) is 11.6. The molecule has 6 heteroatoms. The molecule has 2 aromatic rings. The largest absolute Gasteiger partial charge is 0.507 e. The van der Waals surface area contributed by atoms with Gasteiger partial charge in [-0.2, -0.15) is 4.98 Å². The smallest absolute Gasteiger partial charge is 0.257 e. The fourth-order valence-corrected chi connectivity index (χ4v) is 2.71. The van der Waals surface area contributed by atoms with Crippen LogP contribution in [0.2, 0.25) is 0 Å². The number of benzene rings is 1. The molecule has 0 atom stereocenters. The van der Waals surface area contributed by atoms with E-state index >= 15 is 0 Å². The van der Waals surface area contributed by atoms with Crippen LogP contribution in [0.3, 0.4) is 0 Å². The topological polar surface area (TPSA) is 79.5 Å². The van der Waals surface area contributed by atoms with Crippen molar-refractivity contribution in [1.82, 2.24) is 15.0 Å². The van der Waals surface area contributed by atoms with E-state index < -0.39 is 0 Å². The number of likely N-dealkylation sites (tertiary alicyclic amines) is 1. The van der Waals surface area contributed by atoms with E-state index in [9.17, 15) is 9.90 Å². The maximum atomic E-state index is 12.4. The number of hydrogen-bond donors (Lipinski definition) is 1. The van der Waals surface area contributed by atoms with E-state index in [2.05, 4.69) is 10.1 Å². The molecule has 1 aliphatic rings. The Kier molecular flexibility index (Phi) is 3.85. The van der Waals surface area contributed by atoms with Crippen LogP contribution in [0.4, 0.5) is 0 Å². The highest BCUT2D eigenvalue weighted by Crippen LogP contribution is 2.24. The first kappa shape index (κ1) is 13.6. The molecular formula is C15H17N3O3. The molecule has 110 valence electrons. The molecule has 1 fully saturated rings. The lowest BCUT2D eigenvalue weighted by atomic mass is 9.93. The number of piperidine rings is 1. The van der Waals surface area contributed by atoms with Crippen LogP contribution in [0.15, 0.2) is 35.2 Å². The van der Waals surface area contributed by atoms with Gasteiger partial charge in [-0.3, -0.25) is 4.79 Å². The maximum Gasteiger partial charge on any atom is 0.257 e. The van der Waals surface area contributed by atoms with Gasteiger partial charge >= 0.3 is 0 Å². The van der Waals surface area contributed by atoms with Crippen molar-refractivity contribution < 1.29 is 14.4 Å². The van der Waals surface area contributed by atoms with Crippen LogP contribution in [0.25, 0.3) is 0 Å². The van der Waals surface area contributed by atoms with Crippen molar-refractivity contribution in [3.63, 3.8) is 0 Å². The fourth-order valence-electron chi connectivity index (χ4n) is 2.71. The Labute approximate surface area is 122 Å². The second-order valence-electron chi connectivity index (χ2n) is 5.30. The van der Waals surface area contributed by atoms with Crippen LogP contribution >= 0.6 is 0 Å². The van der Waals surface area contributed by atoms with E-state index in [1.54, 1.807) is 23.1 Å². The van der Waals surface area contributed by atoms with Gasteiger partial charge in [0.25, 0.3) is 5.91 Å². The number of phenols is 1. The molecule has 1 amide bonds. The zero-order valence-electron chi connectivity index (χ0n) is 11.6. The standard InChI is InChI=1S/C15H17N3O3/c19-13-4-2-1-3-12(13)15(20)18-7-5-11(6-8-18)9-14-16-10-21-17-14/h1-4,10-11,19H,5-9H2. The van der Waals surface area contributed by atoms with E-state index in [0.29, 0.717) is 24.6 Å². The maximum absolute atomic E-state index is 12.4. The van der Waals surface area contributed by atoms with Crippen molar-refractivity contribution >= 4 is 5.91 Å². The number of phenolic OH excluding ortho intramolecular Hbond substituents is 1. The summed E-state index contributed by atoms with van der Waals surface area (Å²) in [5.74, 6) is 1.12. The van der Waals surface area contributed by atoms with Gasteiger partial charge in [0.1, 0.15) is 5.75 Å². The molecule has 0 radical (unpaired) electrons. The number of nitrogens with zero attached hydrogens (tertiary/aromatic N) is 3. The minimum absolute atomic E-state index is 0.0384. The van der Waals surface area contributed by atoms with Crippen molar-refractivity contribution in [2.45, 2.75) is 19.3 Å². The summed E-state index contributed by atoms with van der Waals surface area (Å²) in [4.78, 5) is 18.2. The monoisotopic (exact) mass is 287 g/mol. The Morgan fingerprint density at radius 1 is 1.33 bits per heavy atom. The van der Waals surface area contributed by atoms with Crippen molar-refractivity contribution in [2.75, 3.05) is 13.1 Å². The number of aromatic nitrogens is 2. The van der Waals surface area contributed by atoms with Gasteiger partial charge in [-0.1, -0.05) is 17.3 Å². The van der Waals surface area contributed by atoms with Crippen LogP contribution in [-0.4, -0.2) is 39.1 Å². The second-order valence-corrected chi connectivity index (χ2v) is 5.30. The first-order valence-electron chi connectivity index (χ1n) is 7.06. The molecule has 1 N–H and O–H groups in total. The number of carbonyl (C=O) groups excluding carboxylic acids is 1. The number of aromatic hydroxyl groups is 1. The van der Waals surface area contributed by atoms with E-state index in [-0.39, 0.29) is 11.7 Å². The fraction of sp³-hybridized carbons (Fsp3) is 0.400. The molecule has 1 aromatic carbocycles. The Hall–Kier alpha value is -2.37. The van der Waals surface area contributed by atoms with Crippen LogP contribution in [0.1, 0.15) is 29.0 Å². The molecule has 3 rings (SSSR count). The third-order valence-electron chi connectivity index (χ3n) is 3.91. The lowest BCUT2D eigenvalue weighted by Crippen LogP contribution is -2.39. The number of hydrogen-bond acceptors (Lipinski definition) is 5. The summed E-state index contributed by atoms with van der Waals surface area (Å²) >= 11 is 0. The van der Waals surface area contributed by atoms with Gasteiger partial charge in [-0.25, -0.2) is 0 Å². The number of para-hydroxylation sites is 1. The van der Waals surface area contributed by atoms with Gasteiger partial charge in [0.2, 0.25) is 6.39 Å². The van der Waals surface area contributed by atoms with E-state index in [1.807, 2.05) is 0 Å². The molecular weight excluding hydrogens is 270 g/mol. The molecule has 1 aliphatic heterocycles. The Balaban J connectivity index is 1.58. The lowest BCUT2D eigenvalue weighted by molar-refractivity contribution is 0.0686. The van der Waals surface area contributed by atoms with Crippen LogP contribution in [-0.2, 0) is 6.42 Å². The van der Waals surface area contributed by atoms with E-state index in [4.69, 9.17) is 4.52 Å². The second kappa shape index (κ2) is 5.95. The van der Waals surface area contributed by atoms with Gasteiger partial charge in [0.05, 0.1) is 5.56 Å². The van der Waals surface area contributed by atoms with Gasteiger partial charge < -0.3 is 14.5 Å². The van der Waals surface area contributed by atoms with Crippen LogP contribution in [0.5, 0.6) is 5.75 Å². The summed E-state index contributed by atoms with van der Waals surface area (Å²) in [5.41, 5.74) is 0.370. The van der Waals surface area contributed by atoms with Crippen LogP contribution < -0.4 is 0 Å². The number of rotatable bonds is 3. The van der Waals surface area contributed by atoms with Gasteiger partial charge in [-0.15, -0.1) is 0 Å². The summed E-state index contributed by atoms with van der Waals surface area (Å²) in [7, 11) is 0. The quantitative estimate of drug-likeness (QED) is 0.932. The van der Waals surface area contributed by atoms with E-state index in [1.165, 1.54) is 12.5 Å². The minimum atomic E-state index is -0.105. The minimum Gasteiger partial charge on any atom is -0.507 e. The Morgan fingerprint density at radius 3 is 2.76 bits per heavy atom. The van der Waals surface area contributed by atoms with Crippen molar-refractivity contribution in [3.8, 4) is 5.75 Å². The Bertz CT molecular complexity index is 604. The van der Waals surface area contributed by atoms with Gasteiger partial charge in [0.15, 0.2) is 5.82 Å². The lowest BCUT2D eigenvalue weighted by Gasteiger charge is -2.31. The summed E-state index contributed by atoms with van der Waals surface area (Å²) in [6, 6.07) is 6.67. The molecule has 0 spiro atoms. The molecule has 6 nitrogen and oxygen atoms in total. The first-order chi connectivity index (χ1) is 10.2. The zero-order chi connectivity index (χ0) is 14.7. The highest BCUT2D eigenvalue weighted by Gasteiger charge is 2.25. The van der Waals surface area contributed by atoms with Crippen LogP contribution in [0, 0.1) is 5.92 Å². The summed E-state index contributed by atoms with van der Waals surface area (Å²) in [6.45, 7) is 1.38. The Morgan fingerprint density at radius 2 is 2.10 bits per heavy atom. The van der Waals surface area contributed by atoms with Gasteiger partial charge in [0, 0.05) is 19.5 Å². The summed E-state index contributed by atoms with van der Waals surface area (Å²) in [5, 5.41) is 13.6. The van der Waals surface area contributed by atoms with Crippen molar-refractivity contribution in [1.29, 1.82) is 0 Å². The molecule has 21 heavy (non-hydrogen) atoms. The molecule has 0 aliphatic carbocycles. The molecule has 0 unspecified atom stereocenters. The average molecular weight is 287 g/mol. The normalized spacial score (nSPS) is 16.1. The number of amides is 1.